The second kappa shape index (κ2) is 10.9. The van der Waals surface area contributed by atoms with Crippen LogP contribution >= 0.6 is 0 Å². The number of carbonyl (C=O) groups is 1. The minimum absolute atomic E-state index is 0.121. The van der Waals surface area contributed by atoms with Crippen LogP contribution in [-0.2, 0) is 0 Å². The smallest absolute Gasteiger partial charge is 0.159 e. The molecule has 20 heavy (non-hydrogen) atoms. The average Bonchev–Trinajstić information content (AvgIpc) is 2.51. The Hall–Kier alpha value is -1.97. The topological polar surface area (TPSA) is 57.5 Å². The van der Waals surface area contributed by atoms with Gasteiger partial charge in [0, 0.05) is 12.7 Å². The molecule has 2 aromatic carbocycles. The molecule has 1 atom stereocenters. The van der Waals surface area contributed by atoms with E-state index in [-0.39, 0.29) is 11.9 Å². The molecule has 0 fully saturated rings. The van der Waals surface area contributed by atoms with Crippen LogP contribution in [0.5, 0.6) is 0 Å². The van der Waals surface area contributed by atoms with E-state index in [2.05, 4.69) is 0 Å². The molecule has 0 aliphatic rings. The second-order valence-electron chi connectivity index (χ2n) is 4.01. The normalized spacial score (nSPS) is 10.2. The van der Waals surface area contributed by atoms with Crippen molar-refractivity contribution in [3.05, 3.63) is 71.8 Å². The molecule has 0 heterocycles. The summed E-state index contributed by atoms with van der Waals surface area (Å²) >= 11 is 0. The van der Waals surface area contributed by atoms with Crippen LogP contribution in [0.15, 0.2) is 60.7 Å². The zero-order chi connectivity index (χ0) is 15.4. The summed E-state index contributed by atoms with van der Waals surface area (Å²) in [5, 5.41) is 16.0. The van der Waals surface area contributed by atoms with Crippen molar-refractivity contribution in [2.75, 3.05) is 7.11 Å². The van der Waals surface area contributed by atoms with Crippen LogP contribution in [0.3, 0.4) is 0 Å². The van der Waals surface area contributed by atoms with E-state index in [1.54, 1.807) is 13.8 Å². The summed E-state index contributed by atoms with van der Waals surface area (Å²) < 4.78 is 0. The van der Waals surface area contributed by atoms with Gasteiger partial charge >= 0.3 is 0 Å². The van der Waals surface area contributed by atoms with Gasteiger partial charge in [-0.05, 0) is 19.4 Å². The number of ketones is 1. The fourth-order valence-electron chi connectivity index (χ4n) is 1.40. The van der Waals surface area contributed by atoms with Crippen molar-refractivity contribution in [3.63, 3.8) is 0 Å². The molecule has 3 heteroatoms. The molecule has 0 amide bonds. The molecule has 0 saturated carbocycles. The molecule has 0 saturated heterocycles. The third-order valence-electron chi connectivity index (χ3n) is 2.46. The maximum Gasteiger partial charge on any atom is 0.159 e. The van der Waals surface area contributed by atoms with Crippen molar-refractivity contribution < 1.29 is 15.0 Å². The summed E-state index contributed by atoms with van der Waals surface area (Å²) in [4.78, 5) is 10.6. The molecular formula is C17H22O3. The Labute approximate surface area is 120 Å². The highest BCUT2D eigenvalue weighted by atomic mass is 16.3. The van der Waals surface area contributed by atoms with Gasteiger partial charge in [-0.15, -0.1) is 0 Å². The van der Waals surface area contributed by atoms with Gasteiger partial charge in [-0.1, -0.05) is 60.7 Å². The minimum Gasteiger partial charge on any atom is -0.400 e. The Bertz CT molecular complexity index is 464. The Morgan fingerprint density at radius 3 is 1.55 bits per heavy atom. The number of carbonyl (C=O) groups excluding carboxylic acids is 1. The predicted octanol–water partition coefficient (Wildman–Crippen LogP) is 3.24. The van der Waals surface area contributed by atoms with Gasteiger partial charge in [0.05, 0.1) is 6.10 Å². The Balaban J connectivity index is 0.000000321. The number of rotatable bonds is 2. The van der Waals surface area contributed by atoms with Gasteiger partial charge in [0.1, 0.15) is 0 Å². The lowest BCUT2D eigenvalue weighted by Gasteiger charge is -2.00. The first-order valence-electron chi connectivity index (χ1n) is 6.35. The molecule has 0 radical (unpaired) electrons. The van der Waals surface area contributed by atoms with Crippen LogP contribution in [-0.4, -0.2) is 23.1 Å². The van der Waals surface area contributed by atoms with E-state index in [1.807, 2.05) is 60.7 Å². The average molecular weight is 274 g/mol. The second-order valence-corrected chi connectivity index (χ2v) is 4.01. The summed E-state index contributed by atoms with van der Waals surface area (Å²) in [6.45, 7) is 3.32. The van der Waals surface area contributed by atoms with E-state index < -0.39 is 0 Å². The molecule has 108 valence electrons. The van der Waals surface area contributed by atoms with Crippen LogP contribution in [0.25, 0.3) is 0 Å². The summed E-state index contributed by atoms with van der Waals surface area (Å²) in [5.74, 6) is 0.121. The van der Waals surface area contributed by atoms with Crippen LogP contribution in [0.1, 0.15) is 35.9 Å². The highest BCUT2D eigenvalue weighted by Crippen LogP contribution is 2.09. The molecule has 0 aliphatic carbocycles. The largest absolute Gasteiger partial charge is 0.400 e. The van der Waals surface area contributed by atoms with Crippen molar-refractivity contribution in [2.45, 2.75) is 20.0 Å². The standard InChI is InChI=1S/C8H10O.C8H8O.CH4O/c2*1-7(9)8-5-3-2-4-6-8;1-2/h2-7,9H,1H3;2-6H,1H3;2H,1H3. The SMILES string of the molecule is CC(=O)c1ccccc1.CC(O)c1ccccc1.CO. The van der Waals surface area contributed by atoms with Crippen LogP contribution in [0, 0.1) is 0 Å². The quantitative estimate of drug-likeness (QED) is 0.827. The highest BCUT2D eigenvalue weighted by Gasteiger charge is 1.95. The molecule has 2 N–H and O–H groups in total. The number of aliphatic hydroxyl groups is 2. The Kier molecular flexibility index (Phi) is 9.83. The number of aliphatic hydroxyl groups excluding tert-OH is 2. The van der Waals surface area contributed by atoms with Gasteiger partial charge in [-0.3, -0.25) is 4.79 Å². The molecule has 2 aromatic rings. The minimum atomic E-state index is -0.341. The maximum absolute atomic E-state index is 10.6. The van der Waals surface area contributed by atoms with Crippen LogP contribution < -0.4 is 0 Å². The van der Waals surface area contributed by atoms with Crippen molar-refractivity contribution in [1.82, 2.24) is 0 Å². The molecule has 3 nitrogen and oxygen atoms in total. The lowest BCUT2D eigenvalue weighted by molar-refractivity contribution is 0.101. The number of hydrogen-bond donors (Lipinski definition) is 2. The molecule has 1 unspecified atom stereocenters. The van der Waals surface area contributed by atoms with Gasteiger partial charge in [0.15, 0.2) is 5.78 Å². The fourth-order valence-corrected chi connectivity index (χ4v) is 1.40. The van der Waals surface area contributed by atoms with Gasteiger partial charge < -0.3 is 10.2 Å². The first-order valence-corrected chi connectivity index (χ1v) is 6.35. The first kappa shape index (κ1) is 18.0. The van der Waals surface area contributed by atoms with Crippen molar-refractivity contribution in [1.29, 1.82) is 0 Å². The monoisotopic (exact) mass is 274 g/mol. The summed E-state index contributed by atoms with van der Waals surface area (Å²) in [6, 6.07) is 18.8. The molecule has 0 aliphatic heterocycles. The zero-order valence-electron chi connectivity index (χ0n) is 12.2. The molecule has 0 bridgehead atoms. The van der Waals surface area contributed by atoms with Gasteiger partial charge in [0.2, 0.25) is 0 Å². The van der Waals surface area contributed by atoms with Crippen molar-refractivity contribution in [2.24, 2.45) is 0 Å². The molecular weight excluding hydrogens is 252 g/mol. The molecule has 2 rings (SSSR count). The van der Waals surface area contributed by atoms with Crippen LogP contribution in [0.4, 0.5) is 0 Å². The summed E-state index contributed by atoms with van der Waals surface area (Å²) in [6.07, 6.45) is -0.341. The third kappa shape index (κ3) is 7.46. The summed E-state index contributed by atoms with van der Waals surface area (Å²) in [5.41, 5.74) is 1.75. The lowest BCUT2D eigenvalue weighted by Crippen LogP contribution is -1.88. The Morgan fingerprint density at radius 2 is 1.30 bits per heavy atom. The third-order valence-corrected chi connectivity index (χ3v) is 2.46. The zero-order valence-corrected chi connectivity index (χ0v) is 12.2. The van der Waals surface area contributed by atoms with Gasteiger partial charge in [-0.2, -0.15) is 0 Å². The number of benzene rings is 2. The molecule has 0 spiro atoms. The lowest BCUT2D eigenvalue weighted by atomic mass is 10.1. The van der Waals surface area contributed by atoms with E-state index >= 15 is 0 Å². The fraction of sp³-hybridized carbons (Fsp3) is 0.235. The van der Waals surface area contributed by atoms with Crippen molar-refractivity contribution >= 4 is 5.78 Å². The van der Waals surface area contributed by atoms with Crippen molar-refractivity contribution in [3.8, 4) is 0 Å². The van der Waals surface area contributed by atoms with E-state index in [4.69, 9.17) is 10.2 Å². The number of Topliss-reactive ketones (excluding diaryl/α,β-unsaturated/α-hetero) is 1. The number of hydrogen-bond acceptors (Lipinski definition) is 3. The van der Waals surface area contributed by atoms with Crippen LogP contribution in [0.2, 0.25) is 0 Å². The van der Waals surface area contributed by atoms with Gasteiger partial charge in [0.25, 0.3) is 0 Å². The van der Waals surface area contributed by atoms with E-state index in [9.17, 15) is 4.79 Å². The summed E-state index contributed by atoms with van der Waals surface area (Å²) in [7, 11) is 1.00. The van der Waals surface area contributed by atoms with E-state index in [1.165, 1.54) is 0 Å². The first-order chi connectivity index (χ1) is 9.61. The predicted molar refractivity (Wildman–Crippen MR) is 81.7 cm³/mol. The molecule has 0 aromatic heterocycles. The maximum atomic E-state index is 10.6. The van der Waals surface area contributed by atoms with E-state index in [0.29, 0.717) is 0 Å². The van der Waals surface area contributed by atoms with Gasteiger partial charge in [-0.25, -0.2) is 0 Å². The Morgan fingerprint density at radius 1 is 0.900 bits per heavy atom. The van der Waals surface area contributed by atoms with E-state index in [0.717, 1.165) is 18.2 Å². The highest BCUT2D eigenvalue weighted by molar-refractivity contribution is 5.93.